The van der Waals surface area contributed by atoms with Gasteiger partial charge in [-0.25, -0.2) is 8.42 Å². The van der Waals surface area contributed by atoms with Gasteiger partial charge in [-0.05, 0) is 74.2 Å². The molecule has 2 aromatic rings. The van der Waals surface area contributed by atoms with Crippen molar-refractivity contribution < 1.29 is 27.4 Å². The summed E-state index contributed by atoms with van der Waals surface area (Å²) in [5.74, 6) is 1.39. The number of aryl methyl sites for hydroxylation is 2. The fourth-order valence-corrected chi connectivity index (χ4v) is 7.48. The lowest BCUT2D eigenvalue weighted by Gasteiger charge is -2.37. The van der Waals surface area contributed by atoms with Crippen molar-refractivity contribution >= 4 is 21.6 Å². The van der Waals surface area contributed by atoms with Gasteiger partial charge in [0.15, 0.2) is 0 Å². The summed E-state index contributed by atoms with van der Waals surface area (Å²) in [6.45, 7) is 6.92. The lowest BCUT2D eigenvalue weighted by molar-refractivity contribution is -0.137. The Balaban J connectivity index is 1.32. The molecule has 1 atom stereocenters. The number of nitrogens with zero attached hydrogens (tertiary/aromatic N) is 3. The zero-order valence-corrected chi connectivity index (χ0v) is 23.6. The van der Waals surface area contributed by atoms with Crippen LogP contribution in [-0.2, 0) is 19.6 Å². The highest BCUT2D eigenvalue weighted by Crippen LogP contribution is 2.32. The summed E-state index contributed by atoms with van der Waals surface area (Å²) >= 11 is 0. The van der Waals surface area contributed by atoms with E-state index in [4.69, 9.17) is 14.2 Å². The smallest absolute Gasteiger partial charge is 0.248 e. The topological polar surface area (TPSA) is 88.6 Å². The monoisotopic (exact) mass is 545 g/mol. The lowest BCUT2D eigenvalue weighted by atomic mass is 10.1. The second-order valence-corrected chi connectivity index (χ2v) is 11.8. The van der Waals surface area contributed by atoms with Crippen LogP contribution in [0.4, 0.5) is 5.69 Å². The molecule has 38 heavy (non-hydrogen) atoms. The average molecular weight is 546 g/mol. The highest BCUT2D eigenvalue weighted by atomic mass is 32.2. The van der Waals surface area contributed by atoms with Gasteiger partial charge < -0.3 is 24.0 Å². The molecule has 0 saturated carbocycles. The number of hydrogen-bond acceptors (Lipinski definition) is 7. The van der Waals surface area contributed by atoms with Gasteiger partial charge in [0.05, 0.1) is 25.7 Å². The van der Waals surface area contributed by atoms with Crippen LogP contribution in [0.2, 0.25) is 0 Å². The number of anilines is 1. The molecule has 10 heteroatoms. The van der Waals surface area contributed by atoms with Crippen LogP contribution in [0, 0.1) is 13.8 Å². The Morgan fingerprint density at radius 2 is 1.53 bits per heavy atom. The van der Waals surface area contributed by atoms with Crippen molar-refractivity contribution in [1.82, 2.24) is 9.21 Å². The van der Waals surface area contributed by atoms with Crippen LogP contribution in [0.25, 0.3) is 0 Å². The maximum atomic E-state index is 13.7. The van der Waals surface area contributed by atoms with E-state index in [1.807, 2.05) is 29.2 Å². The largest absolute Gasteiger partial charge is 0.497 e. The van der Waals surface area contributed by atoms with E-state index in [1.54, 1.807) is 44.5 Å². The standard InChI is InChI=1S/C28H39N3O6S/c1-21-17-26(36-4)18-22(2)28(21)38(33,34)31-12-6-5-7-24(31)19-37-20-27(32)30-15-13-29(14-16-30)23-8-10-25(35-3)11-9-23/h8-11,17-18,24H,5-7,12-16,19-20H2,1-4H3. The van der Waals surface area contributed by atoms with Gasteiger partial charge in [0.2, 0.25) is 15.9 Å². The molecule has 2 fully saturated rings. The van der Waals surface area contributed by atoms with Crippen molar-refractivity contribution in [2.24, 2.45) is 0 Å². The molecule has 2 aliphatic rings. The van der Waals surface area contributed by atoms with Crippen LogP contribution in [0.15, 0.2) is 41.3 Å². The summed E-state index contributed by atoms with van der Waals surface area (Å²) in [7, 11) is -0.497. The molecule has 0 radical (unpaired) electrons. The zero-order chi connectivity index (χ0) is 27.3. The van der Waals surface area contributed by atoms with E-state index in [-0.39, 0.29) is 25.2 Å². The van der Waals surface area contributed by atoms with Crippen LogP contribution in [-0.4, -0.2) is 89.7 Å². The number of piperazine rings is 1. The van der Waals surface area contributed by atoms with Crippen LogP contribution < -0.4 is 14.4 Å². The molecule has 2 heterocycles. The molecule has 2 saturated heterocycles. The Labute approximate surface area is 226 Å². The molecule has 0 bridgehead atoms. The average Bonchev–Trinajstić information content (AvgIpc) is 2.92. The minimum atomic E-state index is -3.72. The Morgan fingerprint density at radius 3 is 2.13 bits per heavy atom. The van der Waals surface area contributed by atoms with E-state index >= 15 is 0 Å². The van der Waals surface area contributed by atoms with Gasteiger partial charge in [0, 0.05) is 44.5 Å². The lowest BCUT2D eigenvalue weighted by Crippen LogP contribution is -2.50. The summed E-state index contributed by atoms with van der Waals surface area (Å²) in [6, 6.07) is 11.1. The number of ether oxygens (including phenoxy) is 3. The number of rotatable bonds is 9. The fraction of sp³-hybridized carbons (Fsp3) is 0.536. The van der Waals surface area contributed by atoms with Crippen molar-refractivity contribution in [3.8, 4) is 11.5 Å². The maximum Gasteiger partial charge on any atom is 0.248 e. The molecule has 0 aliphatic carbocycles. The summed E-state index contributed by atoms with van der Waals surface area (Å²) in [5.41, 5.74) is 2.43. The first kappa shape index (κ1) is 28.2. The second-order valence-electron chi connectivity index (χ2n) is 9.94. The number of hydrogen-bond donors (Lipinski definition) is 0. The minimum absolute atomic E-state index is 0.0481. The number of methoxy groups -OCH3 is 2. The molecule has 0 N–H and O–H groups in total. The van der Waals surface area contributed by atoms with Gasteiger partial charge in [0.25, 0.3) is 0 Å². The Morgan fingerprint density at radius 1 is 0.895 bits per heavy atom. The van der Waals surface area contributed by atoms with Crippen molar-refractivity contribution in [3.63, 3.8) is 0 Å². The van der Waals surface area contributed by atoms with Crippen LogP contribution in [0.3, 0.4) is 0 Å². The van der Waals surface area contributed by atoms with E-state index in [0.717, 1.165) is 37.4 Å². The first-order chi connectivity index (χ1) is 18.2. The zero-order valence-electron chi connectivity index (χ0n) is 22.8. The molecule has 208 valence electrons. The molecule has 2 aromatic carbocycles. The molecule has 0 aromatic heterocycles. The third-order valence-corrected chi connectivity index (χ3v) is 9.67. The number of benzene rings is 2. The number of carbonyl (C=O) groups is 1. The molecular formula is C28H39N3O6S. The Hall–Kier alpha value is -2.82. The van der Waals surface area contributed by atoms with Crippen molar-refractivity contribution in [1.29, 1.82) is 0 Å². The predicted molar refractivity (Wildman–Crippen MR) is 147 cm³/mol. The first-order valence-corrected chi connectivity index (χ1v) is 14.6. The van der Waals surface area contributed by atoms with Gasteiger partial charge in [-0.15, -0.1) is 0 Å². The normalized spacial score (nSPS) is 18.9. The van der Waals surface area contributed by atoms with Crippen LogP contribution in [0.5, 0.6) is 11.5 Å². The molecule has 0 spiro atoms. The van der Waals surface area contributed by atoms with E-state index in [1.165, 1.54) is 0 Å². The second kappa shape index (κ2) is 12.4. The van der Waals surface area contributed by atoms with Crippen LogP contribution >= 0.6 is 0 Å². The van der Waals surface area contributed by atoms with E-state index in [0.29, 0.717) is 47.8 Å². The summed E-state index contributed by atoms with van der Waals surface area (Å²) in [5, 5.41) is 0. The number of amides is 1. The van der Waals surface area contributed by atoms with Crippen LogP contribution in [0.1, 0.15) is 30.4 Å². The first-order valence-electron chi connectivity index (χ1n) is 13.2. The predicted octanol–water partition coefficient (Wildman–Crippen LogP) is 3.23. The summed E-state index contributed by atoms with van der Waals surface area (Å²) < 4.78 is 45.4. The molecular weight excluding hydrogens is 506 g/mol. The number of sulfonamides is 1. The van der Waals surface area contributed by atoms with E-state index < -0.39 is 10.0 Å². The minimum Gasteiger partial charge on any atom is -0.497 e. The van der Waals surface area contributed by atoms with Gasteiger partial charge in [-0.3, -0.25) is 4.79 Å². The quantitative estimate of drug-likeness (QED) is 0.478. The van der Waals surface area contributed by atoms with E-state index in [2.05, 4.69) is 4.90 Å². The fourth-order valence-electron chi connectivity index (χ4n) is 5.39. The molecule has 9 nitrogen and oxygen atoms in total. The molecule has 1 amide bonds. The third-order valence-electron chi connectivity index (χ3n) is 7.42. The van der Waals surface area contributed by atoms with Gasteiger partial charge in [-0.2, -0.15) is 4.31 Å². The Kier molecular flexibility index (Phi) is 9.17. The van der Waals surface area contributed by atoms with Crippen molar-refractivity contribution in [2.75, 3.05) is 65.1 Å². The van der Waals surface area contributed by atoms with Gasteiger partial charge in [0.1, 0.15) is 18.1 Å². The third kappa shape index (κ3) is 6.24. The van der Waals surface area contributed by atoms with Gasteiger partial charge >= 0.3 is 0 Å². The Bertz CT molecular complexity index is 1190. The molecule has 2 aliphatic heterocycles. The maximum absolute atomic E-state index is 13.7. The highest BCUT2D eigenvalue weighted by Gasteiger charge is 2.36. The van der Waals surface area contributed by atoms with E-state index in [9.17, 15) is 13.2 Å². The highest BCUT2D eigenvalue weighted by molar-refractivity contribution is 7.89. The molecule has 1 unspecified atom stereocenters. The molecule has 4 rings (SSSR count). The van der Waals surface area contributed by atoms with Crippen molar-refractivity contribution in [3.05, 3.63) is 47.5 Å². The number of carbonyl (C=O) groups excluding carboxylic acids is 1. The SMILES string of the molecule is COc1ccc(N2CCN(C(=O)COCC3CCCCN3S(=O)(=O)c3c(C)cc(OC)cc3C)CC2)cc1. The summed E-state index contributed by atoms with van der Waals surface area (Å²) in [4.78, 5) is 17.2. The van der Waals surface area contributed by atoms with Crippen molar-refractivity contribution in [2.45, 2.75) is 44.0 Å². The number of piperidine rings is 1. The summed E-state index contributed by atoms with van der Waals surface area (Å²) in [6.07, 6.45) is 2.45. The van der Waals surface area contributed by atoms with Gasteiger partial charge in [-0.1, -0.05) is 6.42 Å².